The van der Waals surface area contributed by atoms with Crippen molar-refractivity contribution in [2.24, 2.45) is 4.99 Å². The Morgan fingerprint density at radius 2 is 1.70 bits per heavy atom. The number of thioether (sulfide) groups is 1. The molecule has 7 heteroatoms. The maximum absolute atomic E-state index is 12.8. The number of hydrogen-bond donors (Lipinski definition) is 0. The molecule has 2 aromatic rings. The van der Waals surface area contributed by atoms with Crippen molar-refractivity contribution >= 4 is 38.4 Å². The van der Waals surface area contributed by atoms with Crippen molar-refractivity contribution in [1.29, 1.82) is 0 Å². The van der Waals surface area contributed by atoms with Crippen molar-refractivity contribution in [2.45, 2.75) is 44.4 Å². The van der Waals surface area contributed by atoms with Crippen molar-refractivity contribution in [3.8, 4) is 0 Å². The highest BCUT2D eigenvalue weighted by molar-refractivity contribution is 8.16. The van der Waals surface area contributed by atoms with Crippen LogP contribution in [0.25, 0.3) is 0 Å². The summed E-state index contributed by atoms with van der Waals surface area (Å²) in [5.41, 5.74) is 4.27. The number of carbonyl (C=O) groups is 1. The Balaban J connectivity index is 1.75. The molecular formula is C23H26N2O3S2. The van der Waals surface area contributed by atoms with Crippen LogP contribution in [0.3, 0.4) is 0 Å². The predicted octanol–water partition coefficient (Wildman–Crippen LogP) is 3.66. The van der Waals surface area contributed by atoms with E-state index < -0.39 is 9.84 Å². The Kier molecular flexibility index (Phi) is 6.02. The fraction of sp³-hybridized carbons (Fsp3) is 0.391. The highest BCUT2D eigenvalue weighted by atomic mass is 32.2. The molecule has 0 aromatic heterocycles. The molecule has 5 nitrogen and oxygen atoms in total. The van der Waals surface area contributed by atoms with Gasteiger partial charge in [-0.2, -0.15) is 4.99 Å². The Hall–Kier alpha value is -2.12. The van der Waals surface area contributed by atoms with Gasteiger partial charge in [-0.25, -0.2) is 8.42 Å². The van der Waals surface area contributed by atoms with E-state index in [1.165, 1.54) is 11.8 Å². The monoisotopic (exact) mass is 442 g/mol. The SMILES string of the molecule is CCc1cccc(CC)c1N1C(=NC(=O)Cc2ccccc2)S[C@@H]2CS(=O)(=O)C[C@@H]21. The van der Waals surface area contributed by atoms with Gasteiger partial charge in [-0.1, -0.05) is 74.1 Å². The van der Waals surface area contributed by atoms with Gasteiger partial charge in [-0.05, 0) is 29.5 Å². The molecular weight excluding hydrogens is 416 g/mol. The van der Waals surface area contributed by atoms with Crippen LogP contribution in [0, 0.1) is 0 Å². The van der Waals surface area contributed by atoms with Crippen LogP contribution < -0.4 is 4.90 Å². The number of amides is 1. The predicted molar refractivity (Wildman–Crippen MR) is 124 cm³/mol. The fourth-order valence-corrected chi connectivity index (χ4v) is 8.18. The molecule has 2 aliphatic rings. The minimum atomic E-state index is -3.09. The number of hydrogen-bond acceptors (Lipinski definition) is 4. The van der Waals surface area contributed by atoms with Crippen LogP contribution >= 0.6 is 11.8 Å². The zero-order valence-corrected chi connectivity index (χ0v) is 18.9. The maximum Gasteiger partial charge on any atom is 0.252 e. The third-order valence-electron chi connectivity index (χ3n) is 5.69. The summed E-state index contributed by atoms with van der Waals surface area (Å²) in [7, 11) is -3.09. The largest absolute Gasteiger partial charge is 0.315 e. The van der Waals surface area contributed by atoms with Gasteiger partial charge in [0.1, 0.15) is 0 Å². The van der Waals surface area contributed by atoms with Crippen LogP contribution in [0.5, 0.6) is 0 Å². The molecule has 4 rings (SSSR count). The zero-order chi connectivity index (χ0) is 21.3. The van der Waals surface area contributed by atoms with Crippen LogP contribution in [-0.4, -0.2) is 42.3 Å². The molecule has 0 aliphatic carbocycles. The topological polar surface area (TPSA) is 66.8 Å². The summed E-state index contributed by atoms with van der Waals surface area (Å²) in [6.07, 6.45) is 1.90. The number of amidine groups is 1. The van der Waals surface area contributed by atoms with Crippen LogP contribution in [0.4, 0.5) is 5.69 Å². The highest BCUT2D eigenvalue weighted by Gasteiger charge is 2.50. The highest BCUT2D eigenvalue weighted by Crippen LogP contribution is 2.43. The van der Waals surface area contributed by atoms with Crippen LogP contribution in [0.2, 0.25) is 0 Å². The van der Waals surface area contributed by atoms with Gasteiger partial charge in [0.05, 0.1) is 24.0 Å². The Labute approximate surface area is 182 Å². The number of rotatable bonds is 5. The summed E-state index contributed by atoms with van der Waals surface area (Å²) in [6.45, 7) is 4.20. The molecule has 1 amide bonds. The first-order chi connectivity index (χ1) is 14.4. The van der Waals surface area contributed by atoms with E-state index in [-0.39, 0.29) is 35.1 Å². The minimum Gasteiger partial charge on any atom is -0.315 e. The van der Waals surface area contributed by atoms with Gasteiger partial charge in [0.25, 0.3) is 5.91 Å². The summed E-state index contributed by atoms with van der Waals surface area (Å²) >= 11 is 1.44. The molecule has 2 fully saturated rings. The van der Waals surface area contributed by atoms with Crippen LogP contribution in [-0.2, 0) is 33.9 Å². The maximum atomic E-state index is 12.8. The average Bonchev–Trinajstić information content (AvgIpc) is 3.18. The van der Waals surface area contributed by atoms with Gasteiger partial charge in [0.2, 0.25) is 0 Å². The molecule has 0 saturated carbocycles. The third kappa shape index (κ3) is 4.18. The lowest BCUT2D eigenvalue weighted by molar-refractivity contribution is -0.117. The molecule has 158 valence electrons. The number of anilines is 1. The lowest BCUT2D eigenvalue weighted by atomic mass is 10.0. The molecule has 0 spiro atoms. The standard InChI is InChI=1S/C23H26N2O3S2/c1-3-17-11-8-12-18(4-2)22(17)25-19-14-30(27,28)15-20(19)29-23(25)24-21(26)13-16-9-6-5-7-10-16/h5-12,19-20H,3-4,13-15H2,1-2H3/t19-,20+/m0/s1. The Bertz CT molecular complexity index is 1060. The number of nitrogens with zero attached hydrogens (tertiary/aromatic N) is 2. The lowest BCUT2D eigenvalue weighted by Gasteiger charge is -2.29. The van der Waals surface area contributed by atoms with Crippen molar-refractivity contribution in [2.75, 3.05) is 16.4 Å². The molecule has 2 heterocycles. The third-order valence-corrected chi connectivity index (χ3v) is 8.90. The number of aliphatic imine (C=N–C) groups is 1. The van der Waals surface area contributed by atoms with Crippen molar-refractivity contribution in [3.63, 3.8) is 0 Å². The summed E-state index contributed by atoms with van der Waals surface area (Å²) in [6, 6.07) is 15.6. The fourth-order valence-electron chi connectivity index (χ4n) is 4.27. The summed E-state index contributed by atoms with van der Waals surface area (Å²) < 4.78 is 24.7. The molecule has 2 atom stereocenters. The number of benzene rings is 2. The summed E-state index contributed by atoms with van der Waals surface area (Å²) in [5, 5.41) is 0.546. The molecule has 0 bridgehead atoms. The smallest absolute Gasteiger partial charge is 0.252 e. The quantitative estimate of drug-likeness (QED) is 0.707. The van der Waals surface area contributed by atoms with E-state index in [1.807, 2.05) is 36.4 Å². The number of fused-ring (bicyclic) bond motifs is 1. The minimum absolute atomic E-state index is 0.0899. The van der Waals surface area contributed by atoms with Gasteiger partial charge in [-0.3, -0.25) is 4.79 Å². The number of carbonyl (C=O) groups excluding carboxylic acids is 1. The zero-order valence-electron chi connectivity index (χ0n) is 17.2. The second-order valence-electron chi connectivity index (χ2n) is 7.75. The number of para-hydroxylation sites is 1. The first-order valence-corrected chi connectivity index (χ1v) is 13.0. The van der Waals surface area contributed by atoms with Crippen molar-refractivity contribution in [1.82, 2.24) is 0 Å². The van der Waals surface area contributed by atoms with E-state index in [1.54, 1.807) is 0 Å². The van der Waals surface area contributed by atoms with Crippen molar-refractivity contribution in [3.05, 3.63) is 65.2 Å². The average molecular weight is 443 g/mol. The van der Waals surface area contributed by atoms with E-state index in [2.05, 4.69) is 35.9 Å². The van der Waals surface area contributed by atoms with Crippen LogP contribution in [0.15, 0.2) is 53.5 Å². The van der Waals surface area contributed by atoms with E-state index in [0.29, 0.717) is 5.17 Å². The van der Waals surface area contributed by atoms with Gasteiger partial charge in [-0.15, -0.1) is 0 Å². The van der Waals surface area contributed by atoms with Gasteiger partial charge >= 0.3 is 0 Å². The molecule has 0 radical (unpaired) electrons. The van der Waals surface area contributed by atoms with Crippen molar-refractivity contribution < 1.29 is 13.2 Å². The molecule has 30 heavy (non-hydrogen) atoms. The van der Waals surface area contributed by atoms with Gasteiger partial charge in [0, 0.05) is 10.9 Å². The first-order valence-electron chi connectivity index (χ1n) is 10.3. The first kappa shape index (κ1) is 21.1. The molecule has 2 saturated heterocycles. The molecule has 2 aliphatic heterocycles. The second kappa shape index (κ2) is 8.55. The summed E-state index contributed by atoms with van der Waals surface area (Å²) in [5.74, 6) is 0.0432. The van der Waals surface area contributed by atoms with Crippen LogP contribution in [0.1, 0.15) is 30.5 Å². The number of aryl methyl sites for hydroxylation is 2. The Morgan fingerprint density at radius 1 is 1.03 bits per heavy atom. The normalized spacial score (nSPS) is 23.7. The molecule has 2 aromatic carbocycles. The van der Waals surface area contributed by atoms with Gasteiger partial charge < -0.3 is 4.90 Å². The number of sulfone groups is 1. The molecule has 0 unspecified atom stereocenters. The van der Waals surface area contributed by atoms with E-state index >= 15 is 0 Å². The van der Waals surface area contributed by atoms with Gasteiger partial charge in [0.15, 0.2) is 15.0 Å². The van der Waals surface area contributed by atoms with E-state index in [9.17, 15) is 13.2 Å². The lowest BCUT2D eigenvalue weighted by Crippen LogP contribution is -2.39. The summed E-state index contributed by atoms with van der Waals surface area (Å²) in [4.78, 5) is 19.3. The Morgan fingerprint density at radius 3 is 2.33 bits per heavy atom. The van der Waals surface area contributed by atoms with E-state index in [4.69, 9.17) is 0 Å². The second-order valence-corrected chi connectivity index (χ2v) is 11.1. The molecule has 0 N–H and O–H groups in total. The van der Waals surface area contributed by atoms with E-state index in [0.717, 1.165) is 35.2 Å².